The van der Waals surface area contributed by atoms with Crippen LogP contribution < -0.4 is 16.2 Å². The van der Waals surface area contributed by atoms with Crippen molar-refractivity contribution in [3.8, 4) is 0 Å². The number of carbonyl (C=O) groups excluding carboxylic acids is 2. The molecule has 7 heteroatoms. The van der Waals surface area contributed by atoms with E-state index < -0.39 is 0 Å². The van der Waals surface area contributed by atoms with Crippen molar-refractivity contribution in [3.63, 3.8) is 0 Å². The number of nitrogens with one attached hydrogen (secondary N) is 2. The highest BCUT2D eigenvalue weighted by atomic mass is 19.1. The third kappa shape index (κ3) is 5.26. The van der Waals surface area contributed by atoms with Gasteiger partial charge in [0.15, 0.2) is 0 Å². The van der Waals surface area contributed by atoms with Gasteiger partial charge >= 0.3 is 0 Å². The van der Waals surface area contributed by atoms with Gasteiger partial charge in [-0.05, 0) is 49.4 Å². The van der Waals surface area contributed by atoms with Gasteiger partial charge in [-0.2, -0.15) is 0 Å². The van der Waals surface area contributed by atoms with Crippen molar-refractivity contribution in [2.24, 2.45) is 5.92 Å². The summed E-state index contributed by atoms with van der Waals surface area (Å²) in [6.07, 6.45) is 3.61. The summed E-state index contributed by atoms with van der Waals surface area (Å²) < 4.78 is 14.1. The van der Waals surface area contributed by atoms with Crippen LogP contribution in [0.3, 0.4) is 0 Å². The van der Waals surface area contributed by atoms with Crippen molar-refractivity contribution in [1.82, 2.24) is 15.2 Å². The van der Waals surface area contributed by atoms with Crippen molar-refractivity contribution < 1.29 is 14.0 Å². The molecule has 1 aromatic carbocycles. The lowest BCUT2D eigenvalue weighted by Gasteiger charge is -2.14. The van der Waals surface area contributed by atoms with Crippen molar-refractivity contribution in [3.05, 3.63) is 69.9 Å². The Morgan fingerprint density at radius 1 is 1.19 bits per heavy atom. The number of halogens is 1. The first kappa shape index (κ1) is 18.8. The Kier molecular flexibility index (Phi) is 5.69. The molecule has 1 saturated carbocycles. The molecule has 142 valence electrons. The lowest BCUT2D eigenvalue weighted by molar-refractivity contribution is -0.122. The Morgan fingerprint density at radius 3 is 2.56 bits per heavy atom. The first-order chi connectivity index (χ1) is 12.9. The van der Waals surface area contributed by atoms with Crippen LogP contribution in [-0.2, 0) is 17.9 Å². The molecule has 2 N–H and O–H groups in total. The maximum atomic E-state index is 12.9. The average Bonchev–Trinajstić information content (AvgIpc) is 3.48. The summed E-state index contributed by atoms with van der Waals surface area (Å²) in [5.41, 5.74) is 0.686. The fraction of sp³-hybridized carbons (Fsp3) is 0.350. The number of aromatic nitrogens is 1. The average molecular weight is 371 g/mol. The van der Waals surface area contributed by atoms with Crippen molar-refractivity contribution >= 4 is 11.8 Å². The van der Waals surface area contributed by atoms with Crippen LogP contribution in [0.1, 0.15) is 35.7 Å². The molecule has 2 amide bonds. The van der Waals surface area contributed by atoms with Crippen LogP contribution in [0.5, 0.6) is 0 Å². The van der Waals surface area contributed by atoms with E-state index in [1.54, 1.807) is 12.1 Å². The largest absolute Gasteiger partial charge is 0.352 e. The van der Waals surface area contributed by atoms with Gasteiger partial charge in [-0.25, -0.2) is 4.39 Å². The van der Waals surface area contributed by atoms with E-state index in [1.807, 2.05) is 6.92 Å². The number of nitrogens with zero attached hydrogens (tertiary/aromatic N) is 1. The smallest absolute Gasteiger partial charge is 0.253 e. The molecule has 0 aliphatic heterocycles. The van der Waals surface area contributed by atoms with Crippen molar-refractivity contribution in [2.75, 3.05) is 0 Å². The van der Waals surface area contributed by atoms with Crippen LogP contribution in [0.25, 0.3) is 0 Å². The summed E-state index contributed by atoms with van der Waals surface area (Å²) in [4.78, 5) is 36.4. The highest BCUT2D eigenvalue weighted by molar-refractivity contribution is 5.93. The predicted octanol–water partition coefficient (Wildman–Crippen LogP) is 1.83. The Morgan fingerprint density at radius 2 is 1.89 bits per heavy atom. The zero-order valence-electron chi connectivity index (χ0n) is 15.1. The summed E-state index contributed by atoms with van der Waals surface area (Å²) >= 11 is 0. The molecule has 1 fully saturated rings. The molecule has 1 heterocycles. The molecule has 0 spiro atoms. The summed E-state index contributed by atoms with van der Waals surface area (Å²) in [6, 6.07) is 8.60. The Labute approximate surface area is 156 Å². The van der Waals surface area contributed by atoms with E-state index in [9.17, 15) is 18.8 Å². The summed E-state index contributed by atoms with van der Waals surface area (Å²) in [5, 5.41) is 5.60. The molecule has 1 aliphatic rings. The van der Waals surface area contributed by atoms with E-state index in [4.69, 9.17) is 0 Å². The van der Waals surface area contributed by atoms with Gasteiger partial charge in [0.2, 0.25) is 5.91 Å². The van der Waals surface area contributed by atoms with Crippen molar-refractivity contribution in [2.45, 2.75) is 38.9 Å². The number of benzene rings is 1. The molecule has 1 atom stereocenters. The normalized spacial score (nSPS) is 14.4. The summed E-state index contributed by atoms with van der Waals surface area (Å²) in [5.74, 6) is -0.444. The molecule has 1 aromatic heterocycles. The van der Waals surface area contributed by atoms with Crippen LogP contribution in [0.15, 0.2) is 47.4 Å². The minimum Gasteiger partial charge on any atom is -0.352 e. The minimum absolute atomic E-state index is 0.0930. The number of carbonyl (C=O) groups is 2. The molecule has 6 nitrogen and oxygen atoms in total. The van der Waals surface area contributed by atoms with E-state index in [0.717, 1.165) is 18.4 Å². The molecular weight excluding hydrogens is 349 g/mol. The third-order valence-corrected chi connectivity index (χ3v) is 4.64. The van der Waals surface area contributed by atoms with Crippen LogP contribution in [0, 0.1) is 11.7 Å². The Balaban J connectivity index is 1.61. The fourth-order valence-corrected chi connectivity index (χ4v) is 2.84. The maximum Gasteiger partial charge on any atom is 0.253 e. The maximum absolute atomic E-state index is 12.9. The zero-order valence-corrected chi connectivity index (χ0v) is 15.1. The molecule has 27 heavy (non-hydrogen) atoms. The Bertz CT molecular complexity index is 888. The second-order valence-corrected chi connectivity index (χ2v) is 6.89. The SMILES string of the molecule is C[C@H](NC(=O)Cn1cc(C(=O)NCc2ccc(F)cc2)ccc1=O)C1CC1. The van der Waals surface area contributed by atoms with E-state index in [-0.39, 0.29) is 47.9 Å². The van der Waals surface area contributed by atoms with Crippen LogP contribution >= 0.6 is 0 Å². The molecule has 0 bridgehead atoms. The number of hydrogen-bond acceptors (Lipinski definition) is 3. The second-order valence-electron chi connectivity index (χ2n) is 6.89. The highest BCUT2D eigenvalue weighted by Gasteiger charge is 2.28. The number of hydrogen-bond donors (Lipinski definition) is 2. The fourth-order valence-electron chi connectivity index (χ4n) is 2.84. The van der Waals surface area contributed by atoms with Crippen LogP contribution in [0.2, 0.25) is 0 Å². The first-order valence-corrected chi connectivity index (χ1v) is 8.95. The van der Waals surface area contributed by atoms with Gasteiger partial charge in [0.25, 0.3) is 11.5 Å². The quantitative estimate of drug-likeness (QED) is 0.779. The molecule has 0 radical (unpaired) electrons. The number of rotatable bonds is 7. The summed E-state index contributed by atoms with van der Waals surface area (Å²) in [7, 11) is 0. The monoisotopic (exact) mass is 371 g/mol. The lowest BCUT2D eigenvalue weighted by atomic mass is 10.2. The van der Waals surface area contributed by atoms with Gasteiger partial charge in [-0.1, -0.05) is 12.1 Å². The topological polar surface area (TPSA) is 80.2 Å². The Hall–Kier alpha value is -2.96. The van der Waals surface area contributed by atoms with E-state index in [1.165, 1.54) is 35.0 Å². The summed E-state index contributed by atoms with van der Waals surface area (Å²) in [6.45, 7) is 2.06. The predicted molar refractivity (Wildman–Crippen MR) is 98.6 cm³/mol. The third-order valence-electron chi connectivity index (χ3n) is 4.64. The van der Waals surface area contributed by atoms with Gasteiger partial charge < -0.3 is 15.2 Å². The van der Waals surface area contributed by atoms with Crippen LogP contribution in [-0.4, -0.2) is 22.4 Å². The van der Waals surface area contributed by atoms with Gasteiger partial charge in [-0.3, -0.25) is 14.4 Å². The molecule has 3 rings (SSSR count). The minimum atomic E-state index is -0.375. The van der Waals surface area contributed by atoms with Gasteiger partial charge in [0, 0.05) is 24.8 Å². The lowest BCUT2D eigenvalue weighted by Crippen LogP contribution is -2.38. The van der Waals surface area contributed by atoms with E-state index >= 15 is 0 Å². The number of amides is 2. The molecule has 2 aromatic rings. The van der Waals surface area contributed by atoms with Gasteiger partial charge in [0.1, 0.15) is 12.4 Å². The highest BCUT2D eigenvalue weighted by Crippen LogP contribution is 2.32. The van der Waals surface area contributed by atoms with E-state index in [0.29, 0.717) is 5.92 Å². The number of pyridine rings is 1. The van der Waals surface area contributed by atoms with E-state index in [2.05, 4.69) is 10.6 Å². The second kappa shape index (κ2) is 8.16. The zero-order chi connectivity index (χ0) is 19.4. The molecular formula is C20H22FN3O3. The first-order valence-electron chi connectivity index (χ1n) is 8.95. The molecule has 1 aliphatic carbocycles. The van der Waals surface area contributed by atoms with Gasteiger partial charge in [0.05, 0.1) is 5.56 Å². The van der Waals surface area contributed by atoms with Crippen LogP contribution in [0.4, 0.5) is 4.39 Å². The molecule has 0 unspecified atom stereocenters. The molecule has 0 saturated heterocycles. The van der Waals surface area contributed by atoms with Gasteiger partial charge in [-0.15, -0.1) is 0 Å². The van der Waals surface area contributed by atoms with Crippen molar-refractivity contribution in [1.29, 1.82) is 0 Å². The standard InChI is InChI=1S/C20H22FN3O3/c1-13(15-4-5-15)23-18(25)12-24-11-16(6-9-19(24)26)20(27)22-10-14-2-7-17(21)8-3-14/h2-3,6-9,11,13,15H,4-5,10,12H2,1H3,(H,22,27)(H,23,25)/t13-/m0/s1.